The van der Waals surface area contributed by atoms with Crippen molar-refractivity contribution in [3.8, 4) is 11.5 Å². The van der Waals surface area contributed by atoms with Crippen LogP contribution in [0.4, 0.5) is 0 Å². The Morgan fingerprint density at radius 3 is 2.21 bits per heavy atom. The van der Waals surface area contributed by atoms with Crippen molar-refractivity contribution < 1.29 is 9.47 Å². The minimum Gasteiger partial charge on any atom is -0.493 e. The third-order valence-electron chi connectivity index (χ3n) is 4.04. The number of halogens is 1. The number of ether oxygens (including phenoxy) is 2. The predicted octanol–water partition coefficient (Wildman–Crippen LogP) is 4.95. The number of rotatable bonds is 4. The molecule has 0 N–H and O–H groups in total. The lowest BCUT2D eigenvalue weighted by atomic mass is 9.92. The van der Waals surface area contributed by atoms with E-state index in [0.29, 0.717) is 5.92 Å². The van der Waals surface area contributed by atoms with Gasteiger partial charge in [-0.3, -0.25) is 0 Å². The summed E-state index contributed by atoms with van der Waals surface area (Å²) in [6, 6.07) is 6.02. The molecule has 19 heavy (non-hydrogen) atoms. The van der Waals surface area contributed by atoms with Crippen LogP contribution in [0.15, 0.2) is 18.2 Å². The van der Waals surface area contributed by atoms with Gasteiger partial charge < -0.3 is 9.47 Å². The van der Waals surface area contributed by atoms with Gasteiger partial charge in [-0.05, 0) is 36.5 Å². The fraction of sp³-hybridized carbons (Fsp3) is 0.625. The summed E-state index contributed by atoms with van der Waals surface area (Å²) in [6.07, 6.45) is 7.80. The largest absolute Gasteiger partial charge is 0.493 e. The van der Waals surface area contributed by atoms with E-state index in [1.54, 1.807) is 14.2 Å². The Hall–Kier alpha value is -0.890. The monoisotopic (exact) mass is 282 g/mol. The summed E-state index contributed by atoms with van der Waals surface area (Å²) < 4.78 is 10.6. The molecule has 0 spiro atoms. The van der Waals surface area contributed by atoms with Crippen LogP contribution in [-0.4, -0.2) is 14.2 Å². The first-order valence-corrected chi connectivity index (χ1v) is 7.56. The molecule has 2 rings (SSSR count). The highest BCUT2D eigenvalue weighted by atomic mass is 35.5. The Labute approximate surface area is 121 Å². The molecule has 0 heterocycles. The average molecular weight is 283 g/mol. The first-order valence-electron chi connectivity index (χ1n) is 7.12. The lowest BCUT2D eigenvalue weighted by molar-refractivity contribution is 0.353. The molecule has 0 bridgehead atoms. The number of methoxy groups -OCH3 is 2. The zero-order valence-electron chi connectivity index (χ0n) is 11.8. The summed E-state index contributed by atoms with van der Waals surface area (Å²) >= 11 is 6.69. The minimum atomic E-state index is 0.0814. The predicted molar refractivity (Wildman–Crippen MR) is 79.3 cm³/mol. The van der Waals surface area contributed by atoms with E-state index in [4.69, 9.17) is 21.1 Å². The molecule has 1 aliphatic rings. The first kappa shape index (κ1) is 14.5. The minimum absolute atomic E-state index is 0.0814. The number of hydrogen-bond donors (Lipinski definition) is 0. The van der Waals surface area contributed by atoms with Crippen LogP contribution in [0, 0.1) is 5.92 Å². The van der Waals surface area contributed by atoms with Crippen LogP contribution in [0.25, 0.3) is 0 Å². The van der Waals surface area contributed by atoms with Gasteiger partial charge in [0.2, 0.25) is 0 Å². The summed E-state index contributed by atoms with van der Waals surface area (Å²) in [5.41, 5.74) is 1.14. The van der Waals surface area contributed by atoms with Crippen LogP contribution >= 0.6 is 11.6 Å². The first-order chi connectivity index (χ1) is 9.26. The lowest BCUT2D eigenvalue weighted by Crippen LogP contribution is -2.07. The summed E-state index contributed by atoms with van der Waals surface area (Å²) in [5, 5.41) is 0.0814. The van der Waals surface area contributed by atoms with Crippen molar-refractivity contribution in [2.45, 2.75) is 43.9 Å². The quantitative estimate of drug-likeness (QED) is 0.574. The van der Waals surface area contributed by atoms with Crippen molar-refractivity contribution >= 4 is 11.6 Å². The highest BCUT2D eigenvalue weighted by Gasteiger charge is 2.23. The van der Waals surface area contributed by atoms with Crippen LogP contribution in [-0.2, 0) is 0 Å². The lowest BCUT2D eigenvalue weighted by Gasteiger charge is -2.21. The van der Waals surface area contributed by atoms with Crippen molar-refractivity contribution in [3.63, 3.8) is 0 Å². The van der Waals surface area contributed by atoms with E-state index in [-0.39, 0.29) is 5.38 Å². The Morgan fingerprint density at radius 1 is 1.00 bits per heavy atom. The molecule has 1 fully saturated rings. The molecule has 0 aliphatic heterocycles. The molecule has 106 valence electrons. The second-order valence-corrected chi connectivity index (χ2v) is 5.74. The maximum Gasteiger partial charge on any atom is 0.161 e. The van der Waals surface area contributed by atoms with Crippen molar-refractivity contribution in [1.82, 2.24) is 0 Å². The van der Waals surface area contributed by atoms with Gasteiger partial charge in [-0.1, -0.05) is 31.7 Å². The molecular weight excluding hydrogens is 260 g/mol. The summed E-state index contributed by atoms with van der Waals surface area (Å²) in [6.45, 7) is 0. The maximum absolute atomic E-state index is 6.69. The standard InChI is InChI=1S/C16H23ClO2/c1-18-14-10-9-13(11-15(14)19-2)16(17)12-7-5-3-4-6-8-12/h9-12,16H,3-8H2,1-2H3. The number of alkyl halides is 1. The third-order valence-corrected chi connectivity index (χ3v) is 4.65. The summed E-state index contributed by atoms with van der Waals surface area (Å²) in [7, 11) is 3.32. The second kappa shape index (κ2) is 7.04. The van der Waals surface area contributed by atoms with Gasteiger partial charge in [-0.25, -0.2) is 0 Å². The molecule has 1 aliphatic carbocycles. The zero-order valence-corrected chi connectivity index (χ0v) is 12.6. The van der Waals surface area contributed by atoms with Gasteiger partial charge in [-0.15, -0.1) is 11.6 Å². The summed E-state index contributed by atoms with van der Waals surface area (Å²) in [5.74, 6) is 2.11. The van der Waals surface area contributed by atoms with Gasteiger partial charge in [0, 0.05) is 0 Å². The SMILES string of the molecule is COc1ccc(C(Cl)C2CCCCCC2)cc1OC. The highest BCUT2D eigenvalue weighted by molar-refractivity contribution is 6.21. The van der Waals surface area contributed by atoms with Crippen LogP contribution in [0.3, 0.4) is 0 Å². The molecule has 0 amide bonds. The van der Waals surface area contributed by atoms with Crippen LogP contribution in [0.2, 0.25) is 0 Å². The van der Waals surface area contributed by atoms with Crippen molar-refractivity contribution in [2.75, 3.05) is 14.2 Å². The van der Waals surface area contributed by atoms with Crippen LogP contribution < -0.4 is 9.47 Å². The van der Waals surface area contributed by atoms with E-state index in [1.165, 1.54) is 38.5 Å². The molecule has 1 saturated carbocycles. The van der Waals surface area contributed by atoms with Crippen molar-refractivity contribution in [3.05, 3.63) is 23.8 Å². The van der Waals surface area contributed by atoms with Crippen LogP contribution in [0.5, 0.6) is 11.5 Å². The highest BCUT2D eigenvalue weighted by Crippen LogP contribution is 2.40. The van der Waals surface area contributed by atoms with E-state index in [0.717, 1.165) is 17.1 Å². The average Bonchev–Trinajstić information content (AvgIpc) is 2.74. The van der Waals surface area contributed by atoms with Gasteiger partial charge in [0.1, 0.15) is 0 Å². The normalized spacial score (nSPS) is 18.7. The molecule has 3 heteroatoms. The Morgan fingerprint density at radius 2 is 1.63 bits per heavy atom. The molecule has 0 saturated heterocycles. The Bertz CT molecular complexity index is 398. The van der Waals surface area contributed by atoms with Gasteiger partial charge in [0.15, 0.2) is 11.5 Å². The number of hydrogen-bond acceptors (Lipinski definition) is 2. The second-order valence-electron chi connectivity index (χ2n) is 5.27. The van der Waals surface area contributed by atoms with E-state index < -0.39 is 0 Å². The van der Waals surface area contributed by atoms with Gasteiger partial charge in [-0.2, -0.15) is 0 Å². The van der Waals surface area contributed by atoms with E-state index in [1.807, 2.05) is 12.1 Å². The third kappa shape index (κ3) is 3.56. The smallest absolute Gasteiger partial charge is 0.161 e. The molecule has 1 unspecified atom stereocenters. The van der Waals surface area contributed by atoms with E-state index >= 15 is 0 Å². The molecular formula is C16H23ClO2. The van der Waals surface area contributed by atoms with Gasteiger partial charge >= 0.3 is 0 Å². The number of benzene rings is 1. The molecule has 1 aromatic carbocycles. The fourth-order valence-electron chi connectivity index (χ4n) is 2.90. The molecule has 1 aromatic rings. The maximum atomic E-state index is 6.69. The van der Waals surface area contributed by atoms with Gasteiger partial charge in [0.25, 0.3) is 0 Å². The zero-order chi connectivity index (χ0) is 13.7. The molecule has 2 nitrogen and oxygen atoms in total. The van der Waals surface area contributed by atoms with Crippen molar-refractivity contribution in [1.29, 1.82) is 0 Å². The van der Waals surface area contributed by atoms with Crippen LogP contribution in [0.1, 0.15) is 49.5 Å². The molecule has 0 aromatic heterocycles. The van der Waals surface area contributed by atoms with E-state index in [2.05, 4.69) is 6.07 Å². The Kier molecular flexibility index (Phi) is 5.38. The van der Waals surface area contributed by atoms with Crippen molar-refractivity contribution in [2.24, 2.45) is 5.92 Å². The fourth-order valence-corrected chi connectivity index (χ4v) is 3.29. The Balaban J connectivity index is 2.15. The topological polar surface area (TPSA) is 18.5 Å². The van der Waals surface area contributed by atoms with Gasteiger partial charge in [0.05, 0.1) is 19.6 Å². The van der Waals surface area contributed by atoms with E-state index in [9.17, 15) is 0 Å². The molecule has 1 atom stereocenters. The summed E-state index contributed by atoms with van der Waals surface area (Å²) in [4.78, 5) is 0. The molecule has 0 radical (unpaired) electrons.